The van der Waals surface area contributed by atoms with Gasteiger partial charge in [-0.05, 0) is 47.5 Å². The molecule has 0 aromatic heterocycles. The molecule has 2 aromatic carbocycles. The van der Waals surface area contributed by atoms with Crippen LogP contribution in [-0.4, -0.2) is 27.0 Å². The van der Waals surface area contributed by atoms with E-state index in [0.717, 1.165) is 17.7 Å². The van der Waals surface area contributed by atoms with Crippen molar-refractivity contribution in [3.05, 3.63) is 75.9 Å². The summed E-state index contributed by atoms with van der Waals surface area (Å²) in [6.45, 7) is 0. The van der Waals surface area contributed by atoms with Crippen molar-refractivity contribution in [2.45, 2.75) is 0 Å². The molecule has 9 heteroatoms. The third-order valence-electron chi connectivity index (χ3n) is 2.95. The van der Waals surface area contributed by atoms with Crippen molar-refractivity contribution in [1.29, 1.82) is 0 Å². The van der Waals surface area contributed by atoms with Gasteiger partial charge in [0.15, 0.2) is 5.75 Å². The lowest BCUT2D eigenvalue weighted by Crippen LogP contribution is -2.05. The molecule has 2 rings (SSSR count). The van der Waals surface area contributed by atoms with Crippen molar-refractivity contribution < 1.29 is 24.7 Å². The van der Waals surface area contributed by atoms with Gasteiger partial charge in [0, 0.05) is 18.2 Å². The van der Waals surface area contributed by atoms with Crippen LogP contribution >= 0.6 is 0 Å². The summed E-state index contributed by atoms with van der Waals surface area (Å²) in [4.78, 5) is 30.4. The molecule has 2 aromatic rings. The van der Waals surface area contributed by atoms with Crippen LogP contribution in [0.3, 0.4) is 0 Å². The quantitative estimate of drug-likeness (QED) is 0.354. The number of nitrogens with two attached hydrogens (primary N) is 2. The highest BCUT2D eigenvalue weighted by molar-refractivity contribution is 5.90. The highest BCUT2D eigenvalue weighted by atomic mass is 16.6. The van der Waals surface area contributed by atoms with Crippen LogP contribution in [-0.2, 0) is 9.59 Å². The fourth-order valence-electron chi connectivity index (χ4n) is 1.78. The molecule has 0 fully saturated rings. The Hall–Kier alpha value is -4.14. The number of hydrogen-bond acceptors (Lipinski definition) is 6. The molecule has 2 amide bonds. The molecule has 140 valence electrons. The molecular weight excluding hydrogens is 354 g/mol. The molecule has 0 unspecified atom stereocenters. The van der Waals surface area contributed by atoms with Gasteiger partial charge < -0.3 is 21.7 Å². The van der Waals surface area contributed by atoms with Gasteiger partial charge in [-0.2, -0.15) is 0 Å². The monoisotopic (exact) mass is 371 g/mol. The van der Waals surface area contributed by atoms with Crippen LogP contribution in [0.15, 0.2) is 54.6 Å². The van der Waals surface area contributed by atoms with Crippen molar-refractivity contribution in [3.63, 3.8) is 0 Å². The summed E-state index contributed by atoms with van der Waals surface area (Å²) < 4.78 is 0. The Labute approximate surface area is 154 Å². The summed E-state index contributed by atoms with van der Waals surface area (Å²) in [5.41, 5.74) is 10.6. The van der Waals surface area contributed by atoms with Crippen LogP contribution < -0.4 is 11.5 Å². The van der Waals surface area contributed by atoms with E-state index in [1.807, 2.05) is 0 Å². The van der Waals surface area contributed by atoms with E-state index in [9.17, 15) is 24.8 Å². The summed E-state index contributed by atoms with van der Waals surface area (Å²) in [6.07, 6.45) is 5.24. The van der Waals surface area contributed by atoms with Gasteiger partial charge in [0.1, 0.15) is 5.75 Å². The number of benzene rings is 2. The maximum atomic E-state index is 10.4. The Kier molecular flexibility index (Phi) is 7.73. The lowest BCUT2D eigenvalue weighted by molar-refractivity contribution is -0.385. The number of nitro groups is 1. The Morgan fingerprint density at radius 1 is 0.926 bits per heavy atom. The van der Waals surface area contributed by atoms with Gasteiger partial charge >= 0.3 is 5.69 Å². The number of rotatable bonds is 5. The molecule has 0 saturated carbocycles. The predicted octanol–water partition coefficient (Wildman–Crippen LogP) is 1.69. The average Bonchev–Trinajstić information content (AvgIpc) is 2.58. The molecule has 0 aliphatic heterocycles. The zero-order valence-electron chi connectivity index (χ0n) is 14.0. The number of nitrogens with zero attached hydrogens (tertiary/aromatic N) is 1. The largest absolute Gasteiger partial charge is 0.508 e. The highest BCUT2D eigenvalue weighted by Crippen LogP contribution is 2.26. The molecule has 9 nitrogen and oxygen atoms in total. The lowest BCUT2D eigenvalue weighted by Gasteiger charge is -1.97. The molecular formula is C18H17N3O6. The number of hydrogen-bond donors (Lipinski definition) is 4. The second kappa shape index (κ2) is 9.99. The first-order valence-corrected chi connectivity index (χ1v) is 7.40. The summed E-state index contributed by atoms with van der Waals surface area (Å²) in [6, 6.07) is 10.3. The number of carbonyl (C=O) groups is 2. The van der Waals surface area contributed by atoms with Crippen LogP contribution in [0, 0.1) is 10.1 Å². The van der Waals surface area contributed by atoms with E-state index in [1.54, 1.807) is 30.3 Å². The Balaban J connectivity index is 0.000000277. The fourth-order valence-corrected chi connectivity index (χ4v) is 1.78. The van der Waals surface area contributed by atoms with Crippen LogP contribution in [0.2, 0.25) is 0 Å². The van der Waals surface area contributed by atoms with E-state index in [2.05, 4.69) is 0 Å². The third kappa shape index (κ3) is 7.98. The molecule has 0 bridgehead atoms. The minimum Gasteiger partial charge on any atom is -0.508 e. The maximum Gasteiger partial charge on any atom is 0.310 e. The zero-order valence-corrected chi connectivity index (χ0v) is 14.0. The summed E-state index contributed by atoms with van der Waals surface area (Å²) in [5, 5.41) is 28.6. The molecule has 0 aliphatic rings. The van der Waals surface area contributed by atoms with E-state index in [1.165, 1.54) is 24.3 Å². The second-order valence-corrected chi connectivity index (χ2v) is 5.07. The standard InChI is InChI=1S/C9H8N2O4.C9H9NO2/c10-9(13)4-2-6-1-3-7(11(14)15)8(12)5-6;10-9(12)5-4-7-2-1-3-8(11)6-7/h1-5,12H,(H2,10,13);1-6,11H,(H2,10,12). The molecule has 0 saturated heterocycles. The minimum atomic E-state index is -0.698. The lowest BCUT2D eigenvalue weighted by atomic mass is 10.2. The average molecular weight is 371 g/mol. The SMILES string of the molecule is NC(=O)C=Cc1ccc([N+](=O)[O-])c(O)c1.NC(=O)C=Cc1cccc(O)c1. The van der Waals surface area contributed by atoms with Crippen molar-refractivity contribution in [1.82, 2.24) is 0 Å². The summed E-state index contributed by atoms with van der Waals surface area (Å²) in [7, 11) is 0. The normalized spacial score (nSPS) is 10.4. The smallest absolute Gasteiger partial charge is 0.310 e. The second-order valence-electron chi connectivity index (χ2n) is 5.07. The number of phenolic OH excluding ortho intramolecular Hbond substituents is 2. The molecule has 0 atom stereocenters. The van der Waals surface area contributed by atoms with E-state index in [-0.39, 0.29) is 11.4 Å². The highest BCUT2D eigenvalue weighted by Gasteiger charge is 2.11. The minimum absolute atomic E-state index is 0.168. The summed E-state index contributed by atoms with van der Waals surface area (Å²) in [5.74, 6) is -1.42. The van der Waals surface area contributed by atoms with E-state index in [4.69, 9.17) is 16.6 Å². The Morgan fingerprint density at radius 3 is 1.93 bits per heavy atom. The molecule has 0 spiro atoms. The zero-order chi connectivity index (χ0) is 20.4. The molecule has 6 N–H and O–H groups in total. The van der Waals surface area contributed by atoms with Crippen molar-refractivity contribution in [2.75, 3.05) is 0 Å². The van der Waals surface area contributed by atoms with Crippen LogP contribution in [0.1, 0.15) is 11.1 Å². The summed E-state index contributed by atoms with van der Waals surface area (Å²) >= 11 is 0. The first-order valence-electron chi connectivity index (χ1n) is 7.40. The van der Waals surface area contributed by atoms with Gasteiger partial charge in [-0.1, -0.05) is 12.1 Å². The van der Waals surface area contributed by atoms with Crippen molar-refractivity contribution in [2.24, 2.45) is 11.5 Å². The van der Waals surface area contributed by atoms with Crippen molar-refractivity contribution >= 4 is 29.7 Å². The van der Waals surface area contributed by atoms with Crippen molar-refractivity contribution in [3.8, 4) is 11.5 Å². The van der Waals surface area contributed by atoms with E-state index < -0.39 is 22.5 Å². The number of carbonyl (C=O) groups excluding carboxylic acids is 2. The Morgan fingerprint density at radius 2 is 1.48 bits per heavy atom. The van der Waals surface area contributed by atoms with Gasteiger partial charge in [0.05, 0.1) is 4.92 Å². The number of amides is 2. The Bertz CT molecular complexity index is 906. The number of phenols is 2. The molecule has 0 heterocycles. The van der Waals surface area contributed by atoms with Gasteiger partial charge in [-0.25, -0.2) is 0 Å². The van der Waals surface area contributed by atoms with E-state index >= 15 is 0 Å². The molecule has 0 aliphatic carbocycles. The van der Waals surface area contributed by atoms with Gasteiger partial charge in [-0.15, -0.1) is 0 Å². The van der Waals surface area contributed by atoms with Crippen LogP contribution in [0.4, 0.5) is 5.69 Å². The first kappa shape index (κ1) is 20.9. The maximum absolute atomic E-state index is 10.4. The fraction of sp³-hybridized carbons (Fsp3) is 0. The van der Waals surface area contributed by atoms with E-state index in [0.29, 0.717) is 5.56 Å². The topological polar surface area (TPSA) is 170 Å². The van der Waals surface area contributed by atoms with Gasteiger partial charge in [-0.3, -0.25) is 19.7 Å². The van der Waals surface area contributed by atoms with Crippen LogP contribution in [0.5, 0.6) is 11.5 Å². The number of primary amides is 2. The number of aromatic hydroxyl groups is 2. The predicted molar refractivity (Wildman–Crippen MR) is 99.3 cm³/mol. The number of nitro benzene ring substituents is 1. The van der Waals surface area contributed by atoms with Crippen LogP contribution in [0.25, 0.3) is 12.2 Å². The molecule has 0 radical (unpaired) electrons. The molecule has 27 heavy (non-hydrogen) atoms. The third-order valence-corrected chi connectivity index (χ3v) is 2.95. The van der Waals surface area contributed by atoms with Gasteiger partial charge in [0.25, 0.3) is 0 Å². The first-order chi connectivity index (χ1) is 12.7. The van der Waals surface area contributed by atoms with Gasteiger partial charge in [0.2, 0.25) is 11.8 Å².